The van der Waals surface area contributed by atoms with Crippen molar-refractivity contribution in [1.82, 2.24) is 4.98 Å². The van der Waals surface area contributed by atoms with Gasteiger partial charge in [-0.25, -0.2) is 4.98 Å². The van der Waals surface area contributed by atoms with E-state index in [4.69, 9.17) is 21.6 Å². The van der Waals surface area contributed by atoms with Gasteiger partial charge in [0, 0.05) is 5.56 Å². The maximum absolute atomic E-state index is 8.79. The number of ether oxygens (including phenoxy) is 1. The smallest absolute Gasteiger partial charge is 0.158 e. The van der Waals surface area contributed by atoms with Crippen molar-refractivity contribution in [3.8, 4) is 22.4 Å². The number of methoxy groups -OCH3 is 1. The van der Waals surface area contributed by atoms with E-state index < -0.39 is 0 Å². The number of thiazole rings is 1. The molecule has 0 aliphatic carbocycles. The maximum atomic E-state index is 8.79. The third kappa shape index (κ3) is 2.01. The van der Waals surface area contributed by atoms with Crippen LogP contribution in [0.3, 0.4) is 0 Å². The minimum Gasteiger partial charge on any atom is -0.497 e. The lowest BCUT2D eigenvalue weighted by molar-refractivity contribution is 0.415. The van der Waals surface area contributed by atoms with Crippen LogP contribution < -0.4 is 4.74 Å². The highest BCUT2D eigenvalue weighted by atomic mass is 35.5. The fourth-order valence-electron chi connectivity index (χ4n) is 1.25. The first-order valence-corrected chi connectivity index (χ1v) is 5.65. The number of halogens is 1. The molecule has 2 aromatic rings. The Kier molecular flexibility index (Phi) is 3.09. The van der Waals surface area contributed by atoms with Crippen LogP contribution in [0.4, 0.5) is 0 Å². The standard InChI is InChI=1S/C11H7ClN2OS/c1-15-8-4-2-3-7(5-8)11-14-10(12)9(6-13)16-11/h2-5H,1H3. The molecule has 0 aliphatic rings. The van der Waals surface area contributed by atoms with Crippen molar-refractivity contribution in [2.75, 3.05) is 7.11 Å². The molecular formula is C11H7ClN2OS. The second-order valence-corrected chi connectivity index (χ2v) is 4.34. The van der Waals surface area contributed by atoms with Crippen molar-refractivity contribution in [1.29, 1.82) is 5.26 Å². The van der Waals surface area contributed by atoms with Gasteiger partial charge in [0.25, 0.3) is 0 Å². The first-order chi connectivity index (χ1) is 7.74. The molecule has 80 valence electrons. The van der Waals surface area contributed by atoms with Crippen molar-refractivity contribution in [2.24, 2.45) is 0 Å². The van der Waals surface area contributed by atoms with E-state index in [9.17, 15) is 0 Å². The van der Waals surface area contributed by atoms with E-state index in [1.807, 2.05) is 30.3 Å². The van der Waals surface area contributed by atoms with E-state index >= 15 is 0 Å². The predicted octanol–water partition coefficient (Wildman–Crippen LogP) is 3.34. The summed E-state index contributed by atoms with van der Waals surface area (Å²) in [6, 6.07) is 9.49. The minimum absolute atomic E-state index is 0.255. The number of aromatic nitrogens is 1. The van der Waals surface area contributed by atoms with Gasteiger partial charge in [-0.1, -0.05) is 23.7 Å². The van der Waals surface area contributed by atoms with Crippen LogP contribution in [0.1, 0.15) is 4.88 Å². The molecule has 0 fully saturated rings. The first-order valence-electron chi connectivity index (χ1n) is 4.45. The molecule has 0 spiro atoms. The summed E-state index contributed by atoms with van der Waals surface area (Å²) in [6.07, 6.45) is 0. The van der Waals surface area contributed by atoms with E-state index in [0.29, 0.717) is 4.88 Å². The predicted molar refractivity (Wildman–Crippen MR) is 63.8 cm³/mol. The van der Waals surface area contributed by atoms with Gasteiger partial charge in [0.1, 0.15) is 21.7 Å². The Labute approximate surface area is 102 Å². The Bertz CT molecular complexity index is 559. The lowest BCUT2D eigenvalue weighted by Crippen LogP contribution is -1.82. The van der Waals surface area contributed by atoms with Crippen molar-refractivity contribution in [2.45, 2.75) is 0 Å². The Hall–Kier alpha value is -1.57. The molecule has 0 amide bonds. The van der Waals surface area contributed by atoms with Gasteiger partial charge >= 0.3 is 0 Å². The van der Waals surface area contributed by atoms with Crippen LogP contribution in [0.15, 0.2) is 24.3 Å². The Morgan fingerprint density at radius 2 is 2.31 bits per heavy atom. The van der Waals surface area contributed by atoms with Gasteiger partial charge in [-0.3, -0.25) is 0 Å². The molecule has 0 aliphatic heterocycles. The lowest BCUT2D eigenvalue weighted by atomic mass is 10.2. The topological polar surface area (TPSA) is 45.9 Å². The number of hydrogen-bond acceptors (Lipinski definition) is 4. The average molecular weight is 251 g/mol. The lowest BCUT2D eigenvalue weighted by Gasteiger charge is -2.00. The highest BCUT2D eigenvalue weighted by molar-refractivity contribution is 7.16. The minimum atomic E-state index is 0.255. The van der Waals surface area contributed by atoms with Gasteiger partial charge in [-0.2, -0.15) is 5.26 Å². The van der Waals surface area contributed by atoms with E-state index in [-0.39, 0.29) is 5.15 Å². The second kappa shape index (κ2) is 4.52. The van der Waals surface area contributed by atoms with Crippen molar-refractivity contribution in [3.05, 3.63) is 34.3 Å². The van der Waals surface area contributed by atoms with Gasteiger partial charge in [0.15, 0.2) is 5.15 Å². The Morgan fingerprint density at radius 3 is 2.94 bits per heavy atom. The molecular weight excluding hydrogens is 244 g/mol. The Balaban J connectivity index is 2.46. The average Bonchev–Trinajstić information content (AvgIpc) is 2.71. The molecule has 0 radical (unpaired) electrons. The fraction of sp³-hybridized carbons (Fsp3) is 0.0909. The summed E-state index contributed by atoms with van der Waals surface area (Å²) in [4.78, 5) is 4.56. The Morgan fingerprint density at radius 1 is 1.50 bits per heavy atom. The van der Waals surface area contributed by atoms with Crippen LogP contribution in [0, 0.1) is 11.3 Å². The molecule has 0 saturated heterocycles. The molecule has 2 rings (SSSR count). The van der Waals surface area contributed by atoms with Gasteiger partial charge in [-0.05, 0) is 12.1 Å². The third-order valence-corrected chi connectivity index (χ3v) is 3.40. The zero-order valence-electron chi connectivity index (χ0n) is 8.40. The van der Waals surface area contributed by atoms with E-state index in [1.165, 1.54) is 11.3 Å². The van der Waals surface area contributed by atoms with Gasteiger partial charge < -0.3 is 4.74 Å². The zero-order valence-corrected chi connectivity index (χ0v) is 9.97. The number of nitriles is 1. The second-order valence-electron chi connectivity index (χ2n) is 2.98. The number of benzene rings is 1. The largest absolute Gasteiger partial charge is 0.497 e. The number of hydrogen-bond donors (Lipinski definition) is 0. The normalized spacial score (nSPS) is 9.81. The summed E-state index contributed by atoms with van der Waals surface area (Å²) in [5, 5.41) is 9.77. The van der Waals surface area contributed by atoms with Gasteiger partial charge in [-0.15, -0.1) is 11.3 Å². The molecule has 0 atom stereocenters. The van der Waals surface area contributed by atoms with Gasteiger partial charge in [0.2, 0.25) is 0 Å². The molecule has 0 unspecified atom stereocenters. The fourth-order valence-corrected chi connectivity index (χ4v) is 2.29. The van der Waals surface area contributed by atoms with E-state index in [0.717, 1.165) is 16.3 Å². The summed E-state index contributed by atoms with van der Waals surface area (Å²) in [7, 11) is 1.61. The summed E-state index contributed by atoms with van der Waals surface area (Å²) < 4.78 is 5.12. The zero-order chi connectivity index (χ0) is 11.5. The monoisotopic (exact) mass is 250 g/mol. The number of rotatable bonds is 2. The molecule has 1 aromatic heterocycles. The van der Waals surface area contributed by atoms with Crippen LogP contribution in [-0.2, 0) is 0 Å². The quantitative estimate of drug-likeness (QED) is 0.821. The summed E-state index contributed by atoms with van der Waals surface area (Å²) in [5.74, 6) is 0.752. The molecule has 1 aromatic carbocycles. The van der Waals surface area contributed by atoms with E-state index in [2.05, 4.69) is 4.98 Å². The van der Waals surface area contributed by atoms with Crippen LogP contribution in [0.25, 0.3) is 10.6 Å². The highest BCUT2D eigenvalue weighted by Crippen LogP contribution is 2.31. The van der Waals surface area contributed by atoms with Crippen molar-refractivity contribution in [3.63, 3.8) is 0 Å². The molecule has 0 bridgehead atoms. The van der Waals surface area contributed by atoms with Crippen LogP contribution in [-0.4, -0.2) is 12.1 Å². The molecule has 3 nitrogen and oxygen atoms in total. The molecule has 1 heterocycles. The maximum Gasteiger partial charge on any atom is 0.158 e. The van der Waals surface area contributed by atoms with Gasteiger partial charge in [0.05, 0.1) is 7.11 Å². The molecule has 5 heteroatoms. The van der Waals surface area contributed by atoms with Crippen molar-refractivity contribution < 1.29 is 4.74 Å². The summed E-state index contributed by atoms with van der Waals surface area (Å²) >= 11 is 7.09. The molecule has 16 heavy (non-hydrogen) atoms. The SMILES string of the molecule is COc1cccc(-c2nc(Cl)c(C#N)s2)c1. The molecule has 0 N–H and O–H groups in total. The van der Waals surface area contributed by atoms with Crippen LogP contribution in [0.2, 0.25) is 5.15 Å². The first kappa shape index (κ1) is 10.9. The van der Waals surface area contributed by atoms with E-state index in [1.54, 1.807) is 7.11 Å². The third-order valence-electron chi connectivity index (χ3n) is 2.00. The summed E-state index contributed by atoms with van der Waals surface area (Å²) in [5.41, 5.74) is 0.896. The number of nitrogens with zero attached hydrogens (tertiary/aromatic N) is 2. The van der Waals surface area contributed by atoms with Crippen molar-refractivity contribution >= 4 is 22.9 Å². The molecule has 0 saturated carbocycles. The highest BCUT2D eigenvalue weighted by Gasteiger charge is 2.10. The van der Waals surface area contributed by atoms with Crippen LogP contribution in [0.5, 0.6) is 5.75 Å². The summed E-state index contributed by atoms with van der Waals surface area (Å²) in [6.45, 7) is 0. The van der Waals surface area contributed by atoms with Crippen LogP contribution >= 0.6 is 22.9 Å².